The van der Waals surface area contributed by atoms with Gasteiger partial charge in [-0.05, 0) is 44.2 Å². The second kappa shape index (κ2) is 5.85. The standard InChI is InChI=1S/C16H22N4O/c1-3-21-12-8-11(9-12)10-14-15(16(17)20(2)19-14)13-6-4-5-7-18-13/h4-7,11-12H,3,8-10,17H2,1-2H3. The number of anilines is 1. The molecule has 0 aliphatic heterocycles. The van der Waals surface area contributed by atoms with Gasteiger partial charge in [0.05, 0.1) is 23.1 Å². The Balaban J connectivity index is 1.79. The zero-order valence-corrected chi connectivity index (χ0v) is 12.6. The lowest BCUT2D eigenvalue weighted by molar-refractivity contribution is -0.0242. The zero-order chi connectivity index (χ0) is 14.8. The number of rotatable bonds is 5. The van der Waals surface area contributed by atoms with E-state index in [0.717, 1.165) is 42.8 Å². The molecular formula is C16H22N4O. The van der Waals surface area contributed by atoms with Gasteiger partial charge in [0.25, 0.3) is 0 Å². The molecule has 0 amide bonds. The molecule has 3 rings (SSSR count). The van der Waals surface area contributed by atoms with E-state index in [1.807, 2.05) is 32.2 Å². The van der Waals surface area contributed by atoms with E-state index in [4.69, 9.17) is 10.5 Å². The van der Waals surface area contributed by atoms with E-state index in [0.29, 0.717) is 17.8 Å². The van der Waals surface area contributed by atoms with E-state index in [1.165, 1.54) is 0 Å². The summed E-state index contributed by atoms with van der Waals surface area (Å²) < 4.78 is 7.37. The average Bonchev–Trinajstić information content (AvgIpc) is 2.73. The van der Waals surface area contributed by atoms with Crippen LogP contribution in [0, 0.1) is 5.92 Å². The van der Waals surface area contributed by atoms with Crippen LogP contribution in [-0.2, 0) is 18.2 Å². The predicted octanol–water partition coefficient (Wildman–Crippen LogP) is 2.42. The molecular weight excluding hydrogens is 264 g/mol. The summed E-state index contributed by atoms with van der Waals surface area (Å²) in [5.74, 6) is 1.32. The van der Waals surface area contributed by atoms with Crippen LogP contribution in [0.2, 0.25) is 0 Å². The first kappa shape index (κ1) is 14.1. The third kappa shape index (κ3) is 2.78. The van der Waals surface area contributed by atoms with Crippen molar-refractivity contribution in [1.82, 2.24) is 14.8 Å². The summed E-state index contributed by atoms with van der Waals surface area (Å²) in [7, 11) is 1.88. The molecule has 0 saturated heterocycles. The first-order valence-electron chi connectivity index (χ1n) is 7.53. The van der Waals surface area contributed by atoms with Crippen molar-refractivity contribution in [1.29, 1.82) is 0 Å². The van der Waals surface area contributed by atoms with Crippen molar-refractivity contribution in [2.24, 2.45) is 13.0 Å². The average molecular weight is 286 g/mol. The Kier molecular flexibility index (Phi) is 3.92. The molecule has 0 radical (unpaired) electrons. The molecule has 2 aromatic heterocycles. The molecule has 1 fully saturated rings. The first-order chi connectivity index (χ1) is 10.2. The maximum absolute atomic E-state index is 6.18. The number of aromatic nitrogens is 3. The number of nitrogens with zero attached hydrogens (tertiary/aromatic N) is 3. The molecule has 1 saturated carbocycles. The first-order valence-corrected chi connectivity index (χ1v) is 7.53. The smallest absolute Gasteiger partial charge is 0.131 e. The molecule has 112 valence electrons. The SMILES string of the molecule is CCOC1CC(Cc2nn(C)c(N)c2-c2ccccn2)C1. The van der Waals surface area contributed by atoms with E-state index < -0.39 is 0 Å². The van der Waals surface area contributed by atoms with Crippen molar-refractivity contribution in [2.75, 3.05) is 12.3 Å². The Morgan fingerprint density at radius 2 is 2.19 bits per heavy atom. The van der Waals surface area contributed by atoms with Crippen LogP contribution in [0.3, 0.4) is 0 Å². The van der Waals surface area contributed by atoms with Gasteiger partial charge in [0.2, 0.25) is 0 Å². The molecule has 0 aromatic carbocycles. The summed E-state index contributed by atoms with van der Waals surface area (Å²) in [6.45, 7) is 2.85. The van der Waals surface area contributed by atoms with Crippen LogP contribution in [0.25, 0.3) is 11.3 Å². The fraction of sp³-hybridized carbons (Fsp3) is 0.500. The second-order valence-corrected chi connectivity index (χ2v) is 5.66. The topological polar surface area (TPSA) is 66.0 Å². The molecule has 2 aromatic rings. The fourth-order valence-corrected chi connectivity index (χ4v) is 3.01. The van der Waals surface area contributed by atoms with Crippen molar-refractivity contribution < 1.29 is 4.74 Å². The Labute approximate surface area is 125 Å². The Morgan fingerprint density at radius 1 is 1.38 bits per heavy atom. The van der Waals surface area contributed by atoms with Gasteiger partial charge in [-0.3, -0.25) is 9.67 Å². The van der Waals surface area contributed by atoms with Gasteiger partial charge in [0, 0.05) is 19.9 Å². The van der Waals surface area contributed by atoms with Gasteiger partial charge < -0.3 is 10.5 Å². The maximum atomic E-state index is 6.18. The highest BCUT2D eigenvalue weighted by molar-refractivity contribution is 5.73. The molecule has 5 heteroatoms. The molecule has 0 unspecified atom stereocenters. The Bertz CT molecular complexity index is 602. The fourth-order valence-electron chi connectivity index (χ4n) is 3.01. The van der Waals surface area contributed by atoms with Crippen LogP contribution >= 0.6 is 0 Å². The largest absolute Gasteiger partial charge is 0.383 e. The van der Waals surface area contributed by atoms with Gasteiger partial charge in [-0.25, -0.2) is 0 Å². The second-order valence-electron chi connectivity index (χ2n) is 5.66. The van der Waals surface area contributed by atoms with Crippen LogP contribution < -0.4 is 5.73 Å². The van der Waals surface area contributed by atoms with E-state index in [1.54, 1.807) is 10.9 Å². The number of ether oxygens (including phenoxy) is 1. The van der Waals surface area contributed by atoms with Crippen LogP contribution in [0.1, 0.15) is 25.5 Å². The summed E-state index contributed by atoms with van der Waals surface area (Å²) in [5.41, 5.74) is 9.12. The lowest BCUT2D eigenvalue weighted by Crippen LogP contribution is -2.32. The lowest BCUT2D eigenvalue weighted by Gasteiger charge is -2.34. The summed E-state index contributed by atoms with van der Waals surface area (Å²) in [6, 6.07) is 5.88. The monoisotopic (exact) mass is 286 g/mol. The minimum absolute atomic E-state index is 0.430. The minimum Gasteiger partial charge on any atom is -0.383 e. The normalized spacial score (nSPS) is 21.2. The van der Waals surface area contributed by atoms with E-state index in [2.05, 4.69) is 10.1 Å². The molecule has 21 heavy (non-hydrogen) atoms. The number of hydrogen-bond donors (Lipinski definition) is 1. The highest BCUT2D eigenvalue weighted by Crippen LogP contribution is 2.36. The van der Waals surface area contributed by atoms with Gasteiger partial charge in [-0.1, -0.05) is 6.07 Å². The van der Waals surface area contributed by atoms with E-state index in [9.17, 15) is 0 Å². The van der Waals surface area contributed by atoms with E-state index in [-0.39, 0.29) is 0 Å². The lowest BCUT2D eigenvalue weighted by atomic mass is 9.78. The molecule has 2 heterocycles. The van der Waals surface area contributed by atoms with E-state index >= 15 is 0 Å². The number of hydrogen-bond acceptors (Lipinski definition) is 4. The summed E-state index contributed by atoms with van der Waals surface area (Å²) in [4.78, 5) is 4.42. The Hall–Kier alpha value is -1.88. The summed E-state index contributed by atoms with van der Waals surface area (Å²) in [5, 5.41) is 4.59. The van der Waals surface area contributed by atoms with Crippen LogP contribution in [0.5, 0.6) is 0 Å². The third-order valence-electron chi connectivity index (χ3n) is 4.16. The molecule has 2 N–H and O–H groups in total. The Morgan fingerprint density at radius 3 is 2.86 bits per heavy atom. The van der Waals surface area contributed by atoms with Gasteiger partial charge >= 0.3 is 0 Å². The van der Waals surface area contributed by atoms with Crippen molar-refractivity contribution >= 4 is 5.82 Å². The van der Waals surface area contributed by atoms with Gasteiger partial charge in [-0.15, -0.1) is 0 Å². The number of pyridine rings is 1. The number of nitrogen functional groups attached to an aromatic ring is 1. The molecule has 1 aliphatic rings. The third-order valence-corrected chi connectivity index (χ3v) is 4.16. The minimum atomic E-state index is 0.430. The van der Waals surface area contributed by atoms with Gasteiger partial charge in [0.1, 0.15) is 5.82 Å². The summed E-state index contributed by atoms with van der Waals surface area (Å²) in [6.07, 6.45) is 5.40. The molecule has 0 spiro atoms. The number of aryl methyl sites for hydroxylation is 1. The summed E-state index contributed by atoms with van der Waals surface area (Å²) >= 11 is 0. The number of nitrogens with two attached hydrogens (primary N) is 1. The predicted molar refractivity (Wildman–Crippen MR) is 82.7 cm³/mol. The van der Waals surface area contributed by atoms with Crippen LogP contribution in [-0.4, -0.2) is 27.5 Å². The van der Waals surface area contributed by atoms with Crippen molar-refractivity contribution in [3.05, 3.63) is 30.1 Å². The highest BCUT2D eigenvalue weighted by Gasteiger charge is 2.31. The van der Waals surface area contributed by atoms with Crippen LogP contribution in [0.15, 0.2) is 24.4 Å². The molecule has 0 atom stereocenters. The van der Waals surface area contributed by atoms with Gasteiger partial charge in [-0.2, -0.15) is 5.10 Å². The molecule has 1 aliphatic carbocycles. The molecule has 0 bridgehead atoms. The molecule has 5 nitrogen and oxygen atoms in total. The highest BCUT2D eigenvalue weighted by atomic mass is 16.5. The van der Waals surface area contributed by atoms with Crippen molar-refractivity contribution in [3.63, 3.8) is 0 Å². The zero-order valence-electron chi connectivity index (χ0n) is 12.6. The van der Waals surface area contributed by atoms with Crippen molar-refractivity contribution in [3.8, 4) is 11.3 Å². The quantitative estimate of drug-likeness (QED) is 0.916. The maximum Gasteiger partial charge on any atom is 0.131 e. The van der Waals surface area contributed by atoms with Gasteiger partial charge in [0.15, 0.2) is 0 Å². The van der Waals surface area contributed by atoms with Crippen LogP contribution in [0.4, 0.5) is 5.82 Å². The van der Waals surface area contributed by atoms with Crippen molar-refractivity contribution in [2.45, 2.75) is 32.3 Å².